The van der Waals surface area contributed by atoms with Crippen LogP contribution in [0.25, 0.3) is 0 Å². The molecule has 94 valence electrons. The van der Waals surface area contributed by atoms with E-state index in [-0.39, 0.29) is 11.7 Å². The molecule has 0 saturated heterocycles. The van der Waals surface area contributed by atoms with Crippen molar-refractivity contribution in [2.24, 2.45) is 0 Å². The van der Waals surface area contributed by atoms with Crippen molar-refractivity contribution in [3.63, 3.8) is 0 Å². The van der Waals surface area contributed by atoms with Crippen LogP contribution in [-0.4, -0.2) is 11.1 Å². The Labute approximate surface area is 105 Å². The first-order valence-electron chi connectivity index (χ1n) is 5.59. The number of rotatable bonds is 2. The molecule has 0 aliphatic rings. The lowest BCUT2D eigenvalue weighted by Crippen LogP contribution is -2.12. The molecular formula is C13H15N3O2. The van der Waals surface area contributed by atoms with E-state index >= 15 is 0 Å². The molecule has 5 nitrogen and oxygen atoms in total. The van der Waals surface area contributed by atoms with Gasteiger partial charge in [0, 0.05) is 17.4 Å². The lowest BCUT2D eigenvalue weighted by molar-refractivity contribution is 0.0988. The maximum Gasteiger partial charge on any atom is 0.294 e. The first-order valence-corrected chi connectivity index (χ1v) is 5.59. The van der Waals surface area contributed by atoms with Crippen LogP contribution in [0, 0.1) is 20.8 Å². The van der Waals surface area contributed by atoms with Gasteiger partial charge >= 0.3 is 0 Å². The molecule has 0 bridgehead atoms. The van der Waals surface area contributed by atoms with Gasteiger partial charge in [-0.2, -0.15) is 0 Å². The second kappa shape index (κ2) is 4.52. The highest BCUT2D eigenvalue weighted by atomic mass is 16.5. The van der Waals surface area contributed by atoms with E-state index < -0.39 is 0 Å². The first-order chi connectivity index (χ1) is 8.47. The van der Waals surface area contributed by atoms with Crippen LogP contribution >= 0.6 is 0 Å². The van der Waals surface area contributed by atoms with Crippen LogP contribution in [0.4, 0.5) is 11.4 Å². The van der Waals surface area contributed by atoms with Crippen molar-refractivity contribution in [3.05, 3.63) is 40.8 Å². The molecule has 1 aromatic carbocycles. The molecule has 0 spiro atoms. The molecule has 2 aromatic rings. The molecular weight excluding hydrogens is 230 g/mol. The fourth-order valence-corrected chi connectivity index (χ4v) is 1.66. The molecule has 0 aliphatic carbocycles. The Kier molecular flexibility index (Phi) is 3.06. The normalized spacial score (nSPS) is 10.4. The number of amides is 1. The standard InChI is InChI=1S/C13H15N3O2/c1-7-4-8(2)11(6-10(7)14)15-13(17)12-5-9(3)16-18-12/h4-6H,14H2,1-3H3,(H,15,17). The molecule has 0 atom stereocenters. The molecule has 1 aromatic heterocycles. The van der Waals surface area contributed by atoms with Crippen LogP contribution in [0.15, 0.2) is 22.7 Å². The largest absolute Gasteiger partial charge is 0.398 e. The summed E-state index contributed by atoms with van der Waals surface area (Å²) < 4.78 is 4.90. The summed E-state index contributed by atoms with van der Waals surface area (Å²) in [6.07, 6.45) is 0. The van der Waals surface area contributed by atoms with Crippen LogP contribution in [0.2, 0.25) is 0 Å². The smallest absolute Gasteiger partial charge is 0.294 e. The van der Waals surface area contributed by atoms with Gasteiger partial charge in [-0.05, 0) is 38.0 Å². The highest BCUT2D eigenvalue weighted by molar-refractivity contribution is 6.02. The van der Waals surface area contributed by atoms with E-state index in [1.165, 1.54) is 0 Å². The minimum Gasteiger partial charge on any atom is -0.398 e. The maximum absolute atomic E-state index is 11.9. The molecule has 0 unspecified atom stereocenters. The molecule has 0 saturated carbocycles. The van der Waals surface area contributed by atoms with Gasteiger partial charge in [-0.15, -0.1) is 0 Å². The minimum atomic E-state index is -0.332. The zero-order valence-electron chi connectivity index (χ0n) is 10.6. The van der Waals surface area contributed by atoms with Crippen LogP contribution in [0.3, 0.4) is 0 Å². The Hall–Kier alpha value is -2.30. The number of carbonyl (C=O) groups is 1. The molecule has 1 heterocycles. The van der Waals surface area contributed by atoms with E-state index in [1.54, 1.807) is 19.1 Å². The van der Waals surface area contributed by atoms with Crippen molar-refractivity contribution in [1.82, 2.24) is 5.16 Å². The van der Waals surface area contributed by atoms with Crippen LogP contribution < -0.4 is 11.1 Å². The number of nitrogen functional groups attached to an aromatic ring is 1. The number of nitrogens with zero attached hydrogens (tertiary/aromatic N) is 1. The van der Waals surface area contributed by atoms with Gasteiger partial charge < -0.3 is 15.6 Å². The first kappa shape index (κ1) is 12.2. The highest BCUT2D eigenvalue weighted by Gasteiger charge is 2.13. The van der Waals surface area contributed by atoms with Gasteiger partial charge in [-0.1, -0.05) is 11.2 Å². The average Bonchev–Trinajstić information content (AvgIpc) is 2.73. The fourth-order valence-electron chi connectivity index (χ4n) is 1.66. The third kappa shape index (κ3) is 2.34. The number of hydrogen-bond acceptors (Lipinski definition) is 4. The molecule has 0 aliphatic heterocycles. The van der Waals surface area contributed by atoms with E-state index in [4.69, 9.17) is 10.3 Å². The lowest BCUT2D eigenvalue weighted by atomic mass is 10.1. The second-order valence-corrected chi connectivity index (χ2v) is 4.31. The Balaban J connectivity index is 2.24. The summed E-state index contributed by atoms with van der Waals surface area (Å²) in [5, 5.41) is 6.43. The lowest BCUT2D eigenvalue weighted by Gasteiger charge is -2.09. The number of benzene rings is 1. The minimum absolute atomic E-state index is 0.186. The fraction of sp³-hybridized carbons (Fsp3) is 0.231. The molecule has 18 heavy (non-hydrogen) atoms. The number of carbonyl (C=O) groups excluding carboxylic acids is 1. The summed E-state index contributed by atoms with van der Waals surface area (Å²) in [7, 11) is 0. The predicted octanol–water partition coefficient (Wildman–Crippen LogP) is 2.43. The van der Waals surface area contributed by atoms with Crippen molar-refractivity contribution < 1.29 is 9.32 Å². The molecule has 0 fully saturated rings. The SMILES string of the molecule is Cc1cc(C(=O)Nc2cc(N)c(C)cc2C)on1. The van der Waals surface area contributed by atoms with Crippen LogP contribution in [-0.2, 0) is 0 Å². The summed E-state index contributed by atoms with van der Waals surface area (Å²) in [4.78, 5) is 11.9. The predicted molar refractivity (Wildman–Crippen MR) is 69.5 cm³/mol. The number of nitrogens with two attached hydrogens (primary N) is 1. The summed E-state index contributed by atoms with van der Waals surface area (Å²) >= 11 is 0. The van der Waals surface area contributed by atoms with Crippen molar-refractivity contribution >= 4 is 17.3 Å². The number of nitrogens with one attached hydrogen (secondary N) is 1. The number of aromatic nitrogens is 1. The summed E-state index contributed by atoms with van der Waals surface area (Å²) in [6.45, 7) is 5.59. The monoisotopic (exact) mass is 245 g/mol. The third-order valence-corrected chi connectivity index (χ3v) is 2.71. The van der Waals surface area contributed by atoms with Crippen molar-refractivity contribution in [3.8, 4) is 0 Å². The third-order valence-electron chi connectivity index (χ3n) is 2.71. The van der Waals surface area contributed by atoms with Gasteiger partial charge in [-0.25, -0.2) is 0 Å². The van der Waals surface area contributed by atoms with Gasteiger partial charge in [0.2, 0.25) is 5.76 Å². The van der Waals surface area contributed by atoms with Crippen LogP contribution in [0.5, 0.6) is 0 Å². The molecule has 2 rings (SSSR count). The molecule has 0 radical (unpaired) electrons. The molecule has 3 N–H and O–H groups in total. The van der Waals surface area contributed by atoms with Gasteiger partial charge in [0.05, 0.1) is 5.69 Å². The molecule has 5 heteroatoms. The van der Waals surface area contributed by atoms with Crippen molar-refractivity contribution in [2.45, 2.75) is 20.8 Å². The van der Waals surface area contributed by atoms with E-state index in [1.807, 2.05) is 19.9 Å². The zero-order valence-corrected chi connectivity index (χ0v) is 10.6. The van der Waals surface area contributed by atoms with Gasteiger partial charge in [-0.3, -0.25) is 4.79 Å². The Morgan fingerprint density at radius 1 is 1.22 bits per heavy atom. The summed E-state index contributed by atoms with van der Waals surface area (Å²) in [5.74, 6) is -0.145. The van der Waals surface area contributed by atoms with E-state index in [2.05, 4.69) is 10.5 Å². The van der Waals surface area contributed by atoms with E-state index in [0.717, 1.165) is 11.1 Å². The quantitative estimate of drug-likeness (QED) is 0.796. The number of aryl methyl sites for hydroxylation is 3. The maximum atomic E-state index is 11.9. The van der Waals surface area contributed by atoms with Gasteiger partial charge in [0.15, 0.2) is 0 Å². The van der Waals surface area contributed by atoms with E-state index in [0.29, 0.717) is 17.1 Å². The summed E-state index contributed by atoms with van der Waals surface area (Å²) in [5.41, 5.74) is 9.75. The Bertz CT molecular complexity index is 602. The van der Waals surface area contributed by atoms with Crippen molar-refractivity contribution in [1.29, 1.82) is 0 Å². The van der Waals surface area contributed by atoms with E-state index in [9.17, 15) is 4.79 Å². The zero-order chi connectivity index (χ0) is 13.3. The number of hydrogen-bond donors (Lipinski definition) is 2. The Morgan fingerprint density at radius 3 is 2.56 bits per heavy atom. The average molecular weight is 245 g/mol. The molecule has 1 amide bonds. The Morgan fingerprint density at radius 2 is 1.94 bits per heavy atom. The highest BCUT2D eigenvalue weighted by Crippen LogP contribution is 2.22. The number of anilines is 2. The van der Waals surface area contributed by atoms with Crippen molar-refractivity contribution in [2.75, 3.05) is 11.1 Å². The van der Waals surface area contributed by atoms with Gasteiger partial charge in [0.1, 0.15) is 0 Å². The van der Waals surface area contributed by atoms with Gasteiger partial charge in [0.25, 0.3) is 5.91 Å². The second-order valence-electron chi connectivity index (χ2n) is 4.31. The van der Waals surface area contributed by atoms with Crippen LogP contribution in [0.1, 0.15) is 27.4 Å². The topological polar surface area (TPSA) is 81.2 Å². The summed E-state index contributed by atoms with van der Waals surface area (Å²) in [6, 6.07) is 5.25.